The zero-order chi connectivity index (χ0) is 10.4. The lowest BCUT2D eigenvalue weighted by molar-refractivity contribution is -0.129. The number of benzene rings is 1. The molecule has 0 spiro atoms. The number of rotatable bonds is 5. The SMILES string of the molecule is O=COCc1ccc(OC(F)F)cc1. The molecule has 1 aromatic rings. The lowest BCUT2D eigenvalue weighted by Gasteiger charge is -2.04. The highest BCUT2D eigenvalue weighted by atomic mass is 19.3. The molecule has 0 N–H and O–H groups in total. The average molecular weight is 202 g/mol. The monoisotopic (exact) mass is 202 g/mol. The quantitative estimate of drug-likeness (QED) is 0.684. The zero-order valence-corrected chi connectivity index (χ0v) is 7.15. The van der Waals surface area contributed by atoms with Crippen LogP contribution in [-0.4, -0.2) is 13.1 Å². The van der Waals surface area contributed by atoms with Crippen LogP contribution in [0.5, 0.6) is 5.75 Å². The summed E-state index contributed by atoms with van der Waals surface area (Å²) in [7, 11) is 0. The van der Waals surface area contributed by atoms with E-state index in [0.29, 0.717) is 12.0 Å². The fraction of sp³-hybridized carbons (Fsp3) is 0.222. The molecule has 0 fully saturated rings. The van der Waals surface area contributed by atoms with Crippen LogP contribution in [0.25, 0.3) is 0 Å². The third-order valence-corrected chi connectivity index (χ3v) is 1.47. The van der Waals surface area contributed by atoms with Gasteiger partial charge < -0.3 is 9.47 Å². The van der Waals surface area contributed by atoms with Crippen LogP contribution in [0.15, 0.2) is 24.3 Å². The van der Waals surface area contributed by atoms with Gasteiger partial charge in [-0.3, -0.25) is 4.79 Å². The highest BCUT2D eigenvalue weighted by molar-refractivity contribution is 5.37. The summed E-state index contributed by atoms with van der Waals surface area (Å²) in [6.07, 6.45) is 0. The second-order valence-corrected chi connectivity index (χ2v) is 2.43. The Balaban J connectivity index is 2.54. The van der Waals surface area contributed by atoms with Gasteiger partial charge in [0.15, 0.2) is 0 Å². The minimum absolute atomic E-state index is 0.0786. The van der Waals surface area contributed by atoms with E-state index >= 15 is 0 Å². The van der Waals surface area contributed by atoms with Crippen LogP contribution >= 0.6 is 0 Å². The summed E-state index contributed by atoms with van der Waals surface area (Å²) in [5, 5.41) is 0. The Hall–Kier alpha value is -1.65. The van der Waals surface area contributed by atoms with Gasteiger partial charge >= 0.3 is 6.61 Å². The summed E-state index contributed by atoms with van der Waals surface area (Å²) in [5.74, 6) is 0.0786. The van der Waals surface area contributed by atoms with Gasteiger partial charge in [0.1, 0.15) is 12.4 Å². The van der Waals surface area contributed by atoms with Crippen molar-refractivity contribution in [2.45, 2.75) is 13.2 Å². The van der Waals surface area contributed by atoms with Crippen molar-refractivity contribution in [2.24, 2.45) is 0 Å². The smallest absolute Gasteiger partial charge is 0.387 e. The second-order valence-electron chi connectivity index (χ2n) is 2.43. The third kappa shape index (κ3) is 3.38. The first-order chi connectivity index (χ1) is 6.72. The molecule has 0 bridgehead atoms. The normalized spacial score (nSPS) is 9.93. The first kappa shape index (κ1) is 10.4. The van der Waals surface area contributed by atoms with E-state index in [2.05, 4.69) is 9.47 Å². The van der Waals surface area contributed by atoms with Crippen LogP contribution in [0, 0.1) is 0 Å². The minimum atomic E-state index is -2.83. The number of hydrogen-bond acceptors (Lipinski definition) is 3. The van der Waals surface area contributed by atoms with Crippen molar-refractivity contribution >= 4 is 6.47 Å². The maximum Gasteiger partial charge on any atom is 0.387 e. The molecule has 0 unspecified atom stereocenters. The maximum atomic E-state index is 11.7. The van der Waals surface area contributed by atoms with Crippen LogP contribution in [0.4, 0.5) is 8.78 Å². The number of alkyl halides is 2. The van der Waals surface area contributed by atoms with Crippen molar-refractivity contribution in [3.05, 3.63) is 29.8 Å². The maximum absolute atomic E-state index is 11.7. The van der Waals surface area contributed by atoms with Gasteiger partial charge in [-0.1, -0.05) is 12.1 Å². The lowest BCUT2D eigenvalue weighted by Crippen LogP contribution is -2.01. The Labute approximate surface area is 79.2 Å². The molecule has 76 valence electrons. The van der Waals surface area contributed by atoms with Crippen molar-refractivity contribution in [1.29, 1.82) is 0 Å². The molecular weight excluding hydrogens is 194 g/mol. The van der Waals surface area contributed by atoms with E-state index in [4.69, 9.17) is 0 Å². The standard InChI is InChI=1S/C9H8F2O3/c10-9(11)14-8-3-1-7(2-4-8)5-13-6-12/h1-4,6,9H,5H2. The molecule has 0 aliphatic carbocycles. The van der Waals surface area contributed by atoms with Gasteiger partial charge in [-0.05, 0) is 17.7 Å². The molecule has 0 atom stereocenters. The van der Waals surface area contributed by atoms with E-state index in [1.807, 2.05) is 0 Å². The molecule has 0 amide bonds. The van der Waals surface area contributed by atoms with Crippen LogP contribution in [-0.2, 0) is 16.1 Å². The predicted molar refractivity (Wildman–Crippen MR) is 43.9 cm³/mol. The Bertz CT molecular complexity index is 285. The predicted octanol–water partition coefficient (Wildman–Crippen LogP) is 1.96. The Kier molecular flexibility index (Phi) is 3.84. The van der Waals surface area contributed by atoms with Crippen LogP contribution in [0.1, 0.15) is 5.56 Å². The molecule has 0 aliphatic heterocycles. The molecule has 1 aromatic carbocycles. The molecule has 5 heteroatoms. The third-order valence-electron chi connectivity index (χ3n) is 1.47. The van der Waals surface area contributed by atoms with E-state index in [9.17, 15) is 13.6 Å². The van der Waals surface area contributed by atoms with E-state index < -0.39 is 6.61 Å². The molecule has 1 rings (SSSR count). The fourth-order valence-corrected chi connectivity index (χ4v) is 0.897. The minimum Gasteiger partial charge on any atom is -0.463 e. The second kappa shape index (κ2) is 5.16. The molecular formula is C9H8F2O3. The van der Waals surface area contributed by atoms with Crippen molar-refractivity contribution in [1.82, 2.24) is 0 Å². The Morgan fingerprint density at radius 3 is 2.43 bits per heavy atom. The summed E-state index contributed by atoms with van der Waals surface area (Å²) in [5.41, 5.74) is 0.707. The molecule has 0 saturated heterocycles. The Morgan fingerprint density at radius 1 is 1.29 bits per heavy atom. The van der Waals surface area contributed by atoms with Crippen molar-refractivity contribution in [3.8, 4) is 5.75 Å². The van der Waals surface area contributed by atoms with Gasteiger partial charge in [-0.15, -0.1) is 0 Å². The molecule has 0 aromatic heterocycles. The van der Waals surface area contributed by atoms with Gasteiger partial charge in [0.2, 0.25) is 0 Å². The molecule has 0 radical (unpaired) electrons. The largest absolute Gasteiger partial charge is 0.463 e. The summed E-state index contributed by atoms with van der Waals surface area (Å²) in [6.45, 7) is -2.38. The summed E-state index contributed by atoms with van der Waals surface area (Å²) in [6, 6.07) is 5.85. The van der Waals surface area contributed by atoms with E-state index in [-0.39, 0.29) is 12.4 Å². The molecule has 0 heterocycles. The van der Waals surface area contributed by atoms with Crippen LogP contribution in [0.2, 0.25) is 0 Å². The number of halogens is 2. The lowest BCUT2D eigenvalue weighted by atomic mass is 10.2. The van der Waals surface area contributed by atoms with E-state index in [0.717, 1.165) is 0 Å². The Morgan fingerprint density at radius 2 is 1.93 bits per heavy atom. The highest BCUT2D eigenvalue weighted by Crippen LogP contribution is 2.14. The van der Waals surface area contributed by atoms with Crippen molar-refractivity contribution < 1.29 is 23.0 Å². The van der Waals surface area contributed by atoms with Crippen LogP contribution < -0.4 is 4.74 Å². The first-order valence-electron chi connectivity index (χ1n) is 3.81. The van der Waals surface area contributed by atoms with Gasteiger partial charge in [0, 0.05) is 0 Å². The molecule has 14 heavy (non-hydrogen) atoms. The summed E-state index contributed by atoms with van der Waals surface area (Å²) in [4.78, 5) is 9.84. The van der Waals surface area contributed by atoms with Gasteiger partial charge in [0.25, 0.3) is 6.47 Å². The molecule has 3 nitrogen and oxygen atoms in total. The highest BCUT2D eigenvalue weighted by Gasteiger charge is 2.03. The molecule has 0 saturated carbocycles. The zero-order valence-electron chi connectivity index (χ0n) is 7.15. The molecule has 0 aliphatic rings. The van der Waals surface area contributed by atoms with Gasteiger partial charge in [0.05, 0.1) is 0 Å². The van der Waals surface area contributed by atoms with Crippen LogP contribution in [0.3, 0.4) is 0 Å². The van der Waals surface area contributed by atoms with E-state index in [1.165, 1.54) is 12.1 Å². The first-order valence-corrected chi connectivity index (χ1v) is 3.81. The van der Waals surface area contributed by atoms with E-state index in [1.54, 1.807) is 12.1 Å². The number of hydrogen-bond donors (Lipinski definition) is 0. The summed E-state index contributed by atoms with van der Waals surface area (Å²) < 4.78 is 32.1. The van der Waals surface area contributed by atoms with Crippen molar-refractivity contribution in [2.75, 3.05) is 0 Å². The number of carbonyl (C=O) groups excluding carboxylic acids is 1. The van der Waals surface area contributed by atoms with Crippen molar-refractivity contribution in [3.63, 3.8) is 0 Å². The van der Waals surface area contributed by atoms with Gasteiger partial charge in [-0.2, -0.15) is 8.78 Å². The topological polar surface area (TPSA) is 35.5 Å². The average Bonchev–Trinajstić information content (AvgIpc) is 2.16. The fourth-order valence-electron chi connectivity index (χ4n) is 0.897. The number of ether oxygens (including phenoxy) is 2. The number of carbonyl (C=O) groups is 1. The van der Waals surface area contributed by atoms with Gasteiger partial charge in [-0.25, -0.2) is 0 Å². The summed E-state index contributed by atoms with van der Waals surface area (Å²) >= 11 is 0.